The number of likely N-dealkylation sites (N-methyl/N-ethyl adjacent to an activating group) is 1. The molecule has 8 heteroatoms. The van der Waals surface area contributed by atoms with Crippen LogP contribution in [-0.2, 0) is 0 Å². The first-order chi connectivity index (χ1) is 14.2. The van der Waals surface area contributed by atoms with Crippen LogP contribution in [0, 0.1) is 0 Å². The number of aliphatic hydroxyl groups excluding tert-OH is 1. The van der Waals surface area contributed by atoms with Crippen LogP contribution in [-0.4, -0.2) is 80.3 Å². The number of nitrogens with zero attached hydrogens (tertiary/aromatic N) is 3. The van der Waals surface area contributed by atoms with Crippen molar-refractivity contribution in [2.24, 2.45) is 4.99 Å². The smallest absolute Gasteiger partial charge is 0.191 e. The van der Waals surface area contributed by atoms with Gasteiger partial charge in [0.1, 0.15) is 6.10 Å². The fourth-order valence-electron chi connectivity index (χ4n) is 3.51. The SMILES string of the molecule is CCNC(=NCC(O)c1cc2ccccc2s1)NCCCCN1CCN(C)CC1.I. The van der Waals surface area contributed by atoms with Crippen molar-refractivity contribution in [3.8, 4) is 0 Å². The predicted octanol–water partition coefficient (Wildman–Crippen LogP) is 3.14. The molecule has 2 aromatic rings. The minimum Gasteiger partial charge on any atom is -0.386 e. The Labute approximate surface area is 201 Å². The maximum atomic E-state index is 10.6. The quantitative estimate of drug-likeness (QED) is 0.196. The van der Waals surface area contributed by atoms with E-state index < -0.39 is 6.10 Å². The Kier molecular flexibility index (Phi) is 11.4. The highest BCUT2D eigenvalue weighted by molar-refractivity contribution is 14.0. The summed E-state index contributed by atoms with van der Waals surface area (Å²) in [6.07, 6.45) is 1.75. The number of aliphatic imine (C=N–C) groups is 1. The van der Waals surface area contributed by atoms with Crippen molar-refractivity contribution >= 4 is 51.4 Å². The van der Waals surface area contributed by atoms with E-state index in [0.29, 0.717) is 6.54 Å². The number of hydrogen-bond donors (Lipinski definition) is 3. The minimum absolute atomic E-state index is 0. The Morgan fingerprint density at radius 3 is 2.67 bits per heavy atom. The third-order valence-electron chi connectivity index (χ3n) is 5.33. The summed E-state index contributed by atoms with van der Waals surface area (Å²) in [6.45, 7) is 10.0. The lowest BCUT2D eigenvalue weighted by atomic mass is 10.2. The first kappa shape index (κ1) is 25.3. The van der Waals surface area contributed by atoms with Crippen molar-refractivity contribution in [1.82, 2.24) is 20.4 Å². The number of fused-ring (bicyclic) bond motifs is 1. The van der Waals surface area contributed by atoms with Gasteiger partial charge in [-0.1, -0.05) is 18.2 Å². The van der Waals surface area contributed by atoms with Gasteiger partial charge in [-0.2, -0.15) is 0 Å². The van der Waals surface area contributed by atoms with E-state index in [1.54, 1.807) is 11.3 Å². The number of nitrogens with one attached hydrogen (secondary N) is 2. The lowest BCUT2D eigenvalue weighted by Gasteiger charge is -2.32. The number of thiophene rings is 1. The van der Waals surface area contributed by atoms with Crippen molar-refractivity contribution in [2.45, 2.75) is 25.9 Å². The van der Waals surface area contributed by atoms with Crippen LogP contribution < -0.4 is 10.6 Å². The van der Waals surface area contributed by atoms with E-state index in [-0.39, 0.29) is 24.0 Å². The number of rotatable bonds is 9. The molecule has 0 spiro atoms. The maximum Gasteiger partial charge on any atom is 0.191 e. The molecule has 30 heavy (non-hydrogen) atoms. The third-order valence-corrected chi connectivity index (χ3v) is 6.55. The van der Waals surface area contributed by atoms with E-state index in [4.69, 9.17) is 0 Å². The first-order valence-corrected chi connectivity index (χ1v) is 11.6. The van der Waals surface area contributed by atoms with Crippen molar-refractivity contribution in [3.05, 3.63) is 35.2 Å². The average Bonchev–Trinajstić information content (AvgIpc) is 3.17. The Hall–Kier alpha value is -0.940. The van der Waals surface area contributed by atoms with Gasteiger partial charge >= 0.3 is 0 Å². The maximum absolute atomic E-state index is 10.6. The third kappa shape index (κ3) is 7.96. The fourth-order valence-corrected chi connectivity index (χ4v) is 4.56. The molecular weight excluding hydrogens is 509 g/mol. The second kappa shape index (κ2) is 13.5. The minimum atomic E-state index is -0.569. The van der Waals surface area contributed by atoms with Gasteiger partial charge in [0.15, 0.2) is 5.96 Å². The molecule has 1 aliphatic heterocycles. The molecule has 1 fully saturated rings. The second-order valence-electron chi connectivity index (χ2n) is 7.70. The van der Waals surface area contributed by atoms with Crippen LogP contribution in [0.5, 0.6) is 0 Å². The topological polar surface area (TPSA) is 63.1 Å². The fraction of sp³-hybridized carbons (Fsp3) is 0.591. The molecule has 1 unspecified atom stereocenters. The zero-order valence-electron chi connectivity index (χ0n) is 18.1. The molecule has 1 aromatic heterocycles. The largest absolute Gasteiger partial charge is 0.386 e. The highest BCUT2D eigenvalue weighted by Crippen LogP contribution is 2.29. The van der Waals surface area contributed by atoms with Gasteiger partial charge < -0.3 is 25.5 Å². The van der Waals surface area contributed by atoms with Crippen molar-refractivity contribution < 1.29 is 5.11 Å². The van der Waals surface area contributed by atoms with Gasteiger partial charge in [-0.3, -0.25) is 4.99 Å². The van der Waals surface area contributed by atoms with Crippen LogP contribution >= 0.6 is 35.3 Å². The van der Waals surface area contributed by atoms with E-state index in [1.165, 1.54) is 49.2 Å². The van der Waals surface area contributed by atoms with Crippen LogP contribution in [0.3, 0.4) is 0 Å². The molecule has 0 aliphatic carbocycles. The standard InChI is InChI=1S/C22H35N5OS.HI/c1-3-23-22(24-10-6-7-11-27-14-12-26(2)13-15-27)25-17-19(28)21-16-18-8-4-5-9-20(18)29-21;/h4-5,8-9,16,19,28H,3,6-7,10-15,17H2,1-2H3,(H2,23,24,25);1H. The molecule has 3 rings (SSSR count). The van der Waals surface area contributed by atoms with Gasteiger partial charge in [-0.15, -0.1) is 35.3 Å². The first-order valence-electron chi connectivity index (χ1n) is 10.8. The van der Waals surface area contributed by atoms with Gasteiger partial charge in [-0.25, -0.2) is 0 Å². The summed E-state index contributed by atoms with van der Waals surface area (Å²) in [4.78, 5) is 10.5. The van der Waals surface area contributed by atoms with Crippen molar-refractivity contribution in [1.29, 1.82) is 0 Å². The molecule has 1 aliphatic rings. The summed E-state index contributed by atoms with van der Waals surface area (Å²) in [5.41, 5.74) is 0. The monoisotopic (exact) mass is 545 g/mol. The van der Waals surface area contributed by atoms with Crippen LogP contribution in [0.1, 0.15) is 30.7 Å². The number of hydrogen-bond acceptors (Lipinski definition) is 5. The molecule has 6 nitrogen and oxygen atoms in total. The molecule has 0 saturated carbocycles. The Morgan fingerprint density at radius 1 is 1.17 bits per heavy atom. The number of benzene rings is 1. The van der Waals surface area contributed by atoms with E-state index in [2.05, 4.69) is 57.6 Å². The van der Waals surface area contributed by atoms with Gasteiger partial charge in [0.2, 0.25) is 0 Å². The van der Waals surface area contributed by atoms with E-state index in [1.807, 2.05) is 12.1 Å². The zero-order valence-corrected chi connectivity index (χ0v) is 21.3. The van der Waals surface area contributed by atoms with E-state index in [0.717, 1.165) is 30.3 Å². The predicted molar refractivity (Wildman–Crippen MR) is 139 cm³/mol. The van der Waals surface area contributed by atoms with Gasteiger partial charge in [0.05, 0.1) is 6.54 Å². The Morgan fingerprint density at radius 2 is 1.93 bits per heavy atom. The van der Waals surface area contributed by atoms with Gasteiger partial charge in [-0.05, 0) is 50.9 Å². The number of piperazine rings is 1. The van der Waals surface area contributed by atoms with Crippen LogP contribution in [0.2, 0.25) is 0 Å². The summed E-state index contributed by atoms with van der Waals surface area (Å²) in [5.74, 6) is 0.784. The normalized spacial score (nSPS) is 17.0. The number of guanidine groups is 1. The summed E-state index contributed by atoms with van der Waals surface area (Å²) in [6, 6.07) is 10.3. The summed E-state index contributed by atoms with van der Waals surface area (Å²) >= 11 is 1.64. The van der Waals surface area contributed by atoms with Gasteiger partial charge in [0, 0.05) is 48.8 Å². The molecule has 1 aromatic carbocycles. The molecule has 168 valence electrons. The lowest BCUT2D eigenvalue weighted by Crippen LogP contribution is -2.44. The number of halogens is 1. The lowest BCUT2D eigenvalue weighted by molar-refractivity contribution is 0.152. The van der Waals surface area contributed by atoms with Crippen molar-refractivity contribution in [2.75, 3.05) is 59.4 Å². The van der Waals surface area contributed by atoms with Crippen molar-refractivity contribution in [3.63, 3.8) is 0 Å². The molecule has 0 bridgehead atoms. The second-order valence-corrected chi connectivity index (χ2v) is 8.82. The van der Waals surface area contributed by atoms with Crippen LogP contribution in [0.15, 0.2) is 35.3 Å². The Balaban J connectivity index is 0.00000320. The average molecular weight is 546 g/mol. The van der Waals surface area contributed by atoms with E-state index in [9.17, 15) is 5.11 Å². The van der Waals surface area contributed by atoms with Crippen LogP contribution in [0.25, 0.3) is 10.1 Å². The number of aliphatic hydroxyl groups is 1. The molecule has 2 heterocycles. The van der Waals surface area contributed by atoms with Crippen LogP contribution in [0.4, 0.5) is 0 Å². The molecule has 0 amide bonds. The number of unbranched alkanes of at least 4 members (excludes halogenated alkanes) is 1. The molecule has 0 radical (unpaired) electrons. The molecule has 1 saturated heterocycles. The van der Waals surface area contributed by atoms with Gasteiger partial charge in [0.25, 0.3) is 0 Å². The molecule has 1 atom stereocenters. The highest BCUT2D eigenvalue weighted by Gasteiger charge is 2.13. The summed E-state index contributed by atoms with van der Waals surface area (Å²) in [5, 5.41) is 18.4. The summed E-state index contributed by atoms with van der Waals surface area (Å²) in [7, 11) is 2.20. The highest BCUT2D eigenvalue weighted by atomic mass is 127. The Bertz CT molecular complexity index is 743. The molecule has 3 N–H and O–H groups in total. The summed E-state index contributed by atoms with van der Waals surface area (Å²) < 4.78 is 1.20. The molecular formula is C22H36IN5OS. The van der Waals surface area contributed by atoms with E-state index >= 15 is 0 Å². The zero-order chi connectivity index (χ0) is 20.5.